The number of pyridine rings is 1. The van der Waals surface area contributed by atoms with Crippen molar-refractivity contribution in [3.05, 3.63) is 182 Å². The zero-order chi connectivity index (χ0) is 33.3. The Hall–Kier alpha value is -6.78. The molecule has 0 aliphatic carbocycles. The molecule has 0 radical (unpaired) electrons. The van der Waals surface area contributed by atoms with Crippen molar-refractivity contribution in [1.29, 1.82) is 0 Å². The molecule has 0 bridgehead atoms. The second kappa shape index (κ2) is 12.7. The van der Waals surface area contributed by atoms with Crippen LogP contribution in [0.1, 0.15) is 0 Å². The first-order valence-corrected chi connectivity index (χ1v) is 16.7. The van der Waals surface area contributed by atoms with Crippen LogP contribution in [0.25, 0.3) is 89.2 Å². The van der Waals surface area contributed by atoms with E-state index >= 15 is 0 Å². The third kappa shape index (κ3) is 5.59. The quantitative estimate of drug-likeness (QED) is 0.170. The minimum absolute atomic E-state index is 0.639. The third-order valence-electron chi connectivity index (χ3n) is 9.20. The normalized spacial score (nSPS) is 11.2. The summed E-state index contributed by atoms with van der Waals surface area (Å²) in [4.78, 5) is 19.5. The Bertz CT molecular complexity index is 2600. The van der Waals surface area contributed by atoms with Crippen LogP contribution >= 0.6 is 0 Å². The zero-order valence-electron chi connectivity index (χ0n) is 27.1. The molecule has 0 fully saturated rings. The summed E-state index contributed by atoms with van der Waals surface area (Å²) >= 11 is 0. The van der Waals surface area contributed by atoms with Crippen LogP contribution in [0.3, 0.4) is 0 Å². The molecule has 0 N–H and O–H groups in total. The van der Waals surface area contributed by atoms with Gasteiger partial charge < -0.3 is 0 Å². The fourth-order valence-electron chi connectivity index (χ4n) is 6.60. The second-order valence-corrected chi connectivity index (χ2v) is 12.3. The summed E-state index contributed by atoms with van der Waals surface area (Å²) in [5, 5.41) is 3.51. The number of fused-ring (bicyclic) bond motifs is 3. The van der Waals surface area contributed by atoms with Gasteiger partial charge in [-0.2, -0.15) is 0 Å². The highest BCUT2D eigenvalue weighted by Crippen LogP contribution is 2.35. The molecule has 50 heavy (non-hydrogen) atoms. The molecule has 0 spiro atoms. The second-order valence-electron chi connectivity index (χ2n) is 12.3. The molecule has 2 aromatic heterocycles. The molecular weight excluding hydrogens is 609 g/mol. The van der Waals surface area contributed by atoms with E-state index < -0.39 is 0 Å². The monoisotopic (exact) mass is 638 g/mol. The number of aromatic nitrogens is 4. The summed E-state index contributed by atoms with van der Waals surface area (Å²) in [5.41, 5.74) is 10.8. The van der Waals surface area contributed by atoms with Crippen LogP contribution in [0.2, 0.25) is 0 Å². The average Bonchev–Trinajstić information content (AvgIpc) is 3.21. The van der Waals surface area contributed by atoms with Crippen molar-refractivity contribution < 1.29 is 0 Å². The first-order chi connectivity index (χ1) is 24.8. The fraction of sp³-hybridized carbons (Fsp3) is 0. The Balaban J connectivity index is 1.04. The van der Waals surface area contributed by atoms with Gasteiger partial charge >= 0.3 is 0 Å². The molecule has 0 aliphatic heterocycles. The maximum atomic E-state index is 4.97. The first-order valence-electron chi connectivity index (χ1n) is 16.7. The van der Waals surface area contributed by atoms with Gasteiger partial charge in [0.05, 0.1) is 5.52 Å². The summed E-state index contributed by atoms with van der Waals surface area (Å²) in [7, 11) is 0. The van der Waals surface area contributed by atoms with Crippen LogP contribution in [0.4, 0.5) is 0 Å². The largest absolute Gasteiger partial charge is 0.256 e. The highest BCUT2D eigenvalue weighted by molar-refractivity contribution is 6.12. The molecule has 234 valence electrons. The van der Waals surface area contributed by atoms with Crippen molar-refractivity contribution in [2.45, 2.75) is 0 Å². The standard InChI is InChI=1S/C46H30N4/c1-3-10-31(11-4-1)32-19-25-37(26-20-32)45-48-44(36-12-5-2-6-13-36)49-46(50-45)38-27-21-34(22-28-38)33-17-23-35(24-18-33)42-30-39-14-9-29-47-43(39)41-16-8-7-15-40(41)42/h1-30H. The Morgan fingerprint density at radius 1 is 0.300 bits per heavy atom. The molecule has 7 aromatic carbocycles. The van der Waals surface area contributed by atoms with Gasteiger partial charge in [0, 0.05) is 33.7 Å². The molecule has 9 aromatic rings. The van der Waals surface area contributed by atoms with Gasteiger partial charge in [-0.05, 0) is 50.9 Å². The van der Waals surface area contributed by atoms with Gasteiger partial charge in [0.15, 0.2) is 17.5 Å². The number of rotatable bonds is 6. The summed E-state index contributed by atoms with van der Waals surface area (Å²) in [6, 6.07) is 61.0. The van der Waals surface area contributed by atoms with E-state index in [1.807, 2.05) is 48.7 Å². The number of nitrogens with zero attached hydrogens (tertiary/aromatic N) is 4. The van der Waals surface area contributed by atoms with Gasteiger partial charge in [0.2, 0.25) is 0 Å². The molecule has 2 heterocycles. The summed E-state index contributed by atoms with van der Waals surface area (Å²) in [5.74, 6) is 1.93. The van der Waals surface area contributed by atoms with Crippen LogP contribution in [0.5, 0.6) is 0 Å². The smallest absolute Gasteiger partial charge is 0.164 e. The van der Waals surface area contributed by atoms with Gasteiger partial charge in [-0.3, -0.25) is 4.98 Å². The van der Waals surface area contributed by atoms with E-state index in [0.29, 0.717) is 17.5 Å². The van der Waals surface area contributed by atoms with Gasteiger partial charge in [-0.25, -0.2) is 15.0 Å². The van der Waals surface area contributed by atoms with E-state index in [-0.39, 0.29) is 0 Å². The summed E-state index contributed by atoms with van der Waals surface area (Å²) in [6.45, 7) is 0. The SMILES string of the molecule is c1ccc(-c2ccc(-c3nc(-c4ccccc4)nc(-c4ccc(-c5ccc(-c6cc7cccnc7c7ccccc67)cc5)cc4)n3)cc2)cc1. The molecule has 4 heteroatoms. The molecule has 0 saturated carbocycles. The molecule has 4 nitrogen and oxygen atoms in total. The lowest BCUT2D eigenvalue weighted by atomic mass is 9.94. The average molecular weight is 639 g/mol. The van der Waals surface area contributed by atoms with E-state index in [0.717, 1.165) is 44.3 Å². The predicted molar refractivity (Wildman–Crippen MR) is 205 cm³/mol. The Morgan fingerprint density at radius 2 is 0.700 bits per heavy atom. The van der Waals surface area contributed by atoms with E-state index in [4.69, 9.17) is 15.0 Å². The fourth-order valence-corrected chi connectivity index (χ4v) is 6.60. The predicted octanol–water partition coefficient (Wildman–Crippen LogP) is 11.6. The highest BCUT2D eigenvalue weighted by Gasteiger charge is 2.14. The van der Waals surface area contributed by atoms with E-state index in [1.165, 1.54) is 27.5 Å². The summed E-state index contributed by atoms with van der Waals surface area (Å²) < 4.78 is 0. The van der Waals surface area contributed by atoms with Crippen molar-refractivity contribution in [2.75, 3.05) is 0 Å². The Labute approximate surface area is 290 Å². The highest BCUT2D eigenvalue weighted by atomic mass is 15.0. The number of hydrogen-bond acceptors (Lipinski definition) is 4. The molecular formula is C46H30N4. The van der Waals surface area contributed by atoms with Crippen LogP contribution in [-0.4, -0.2) is 19.9 Å². The summed E-state index contributed by atoms with van der Waals surface area (Å²) in [6.07, 6.45) is 1.86. The van der Waals surface area contributed by atoms with Crippen LogP contribution < -0.4 is 0 Å². The lowest BCUT2D eigenvalue weighted by Crippen LogP contribution is -2.00. The van der Waals surface area contributed by atoms with Crippen LogP contribution in [0.15, 0.2) is 182 Å². The van der Waals surface area contributed by atoms with Crippen molar-refractivity contribution in [1.82, 2.24) is 19.9 Å². The van der Waals surface area contributed by atoms with Crippen molar-refractivity contribution in [3.8, 4) is 67.5 Å². The van der Waals surface area contributed by atoms with E-state index in [2.05, 4.69) is 138 Å². The van der Waals surface area contributed by atoms with Gasteiger partial charge in [-0.1, -0.05) is 164 Å². The first kappa shape index (κ1) is 29.4. The lowest BCUT2D eigenvalue weighted by Gasteiger charge is -2.11. The number of benzene rings is 7. The van der Waals surface area contributed by atoms with E-state index in [1.54, 1.807) is 0 Å². The third-order valence-corrected chi connectivity index (χ3v) is 9.20. The minimum Gasteiger partial charge on any atom is -0.256 e. The van der Waals surface area contributed by atoms with Gasteiger partial charge in [0.1, 0.15) is 0 Å². The van der Waals surface area contributed by atoms with E-state index in [9.17, 15) is 0 Å². The van der Waals surface area contributed by atoms with Crippen LogP contribution in [0, 0.1) is 0 Å². The molecule has 9 rings (SSSR count). The molecule has 0 saturated heterocycles. The van der Waals surface area contributed by atoms with Crippen LogP contribution in [-0.2, 0) is 0 Å². The maximum absolute atomic E-state index is 4.97. The Morgan fingerprint density at radius 3 is 1.24 bits per heavy atom. The maximum Gasteiger partial charge on any atom is 0.164 e. The molecule has 0 aliphatic rings. The van der Waals surface area contributed by atoms with Crippen molar-refractivity contribution >= 4 is 21.7 Å². The zero-order valence-corrected chi connectivity index (χ0v) is 27.1. The topological polar surface area (TPSA) is 51.6 Å². The molecule has 0 atom stereocenters. The van der Waals surface area contributed by atoms with Gasteiger partial charge in [0.25, 0.3) is 0 Å². The molecule has 0 unspecified atom stereocenters. The molecule has 0 amide bonds. The Kier molecular flexibility index (Phi) is 7.45. The minimum atomic E-state index is 0.639. The van der Waals surface area contributed by atoms with Crippen molar-refractivity contribution in [3.63, 3.8) is 0 Å². The van der Waals surface area contributed by atoms with Crippen molar-refractivity contribution in [2.24, 2.45) is 0 Å². The number of hydrogen-bond donors (Lipinski definition) is 0. The van der Waals surface area contributed by atoms with Gasteiger partial charge in [-0.15, -0.1) is 0 Å². The lowest BCUT2D eigenvalue weighted by molar-refractivity contribution is 1.07.